The monoisotopic (exact) mass is 273 g/mol. The molecule has 1 heterocycles. The summed E-state index contributed by atoms with van der Waals surface area (Å²) in [4.78, 5) is 0. The van der Waals surface area contributed by atoms with Gasteiger partial charge >= 0.3 is 6.18 Å². The van der Waals surface area contributed by atoms with Crippen LogP contribution in [-0.4, -0.2) is 23.9 Å². The lowest BCUT2D eigenvalue weighted by molar-refractivity contribution is -0.202. The fourth-order valence-electron chi connectivity index (χ4n) is 1.72. The molecule has 104 valence electrons. The van der Waals surface area contributed by atoms with Crippen LogP contribution in [0.25, 0.3) is 11.0 Å². The smallest absolute Gasteiger partial charge is 0.415 e. The first-order valence-corrected chi connectivity index (χ1v) is 5.84. The molecule has 1 aromatic heterocycles. The van der Waals surface area contributed by atoms with Crippen molar-refractivity contribution in [1.29, 1.82) is 0 Å². The van der Waals surface area contributed by atoms with E-state index < -0.39 is 24.9 Å². The van der Waals surface area contributed by atoms with Crippen LogP contribution in [0.15, 0.2) is 34.7 Å². The third kappa shape index (κ3) is 3.27. The summed E-state index contributed by atoms with van der Waals surface area (Å²) in [5, 5.41) is 12.4. The molecule has 0 spiro atoms. The fourth-order valence-corrected chi connectivity index (χ4v) is 1.72. The Morgan fingerprint density at radius 3 is 2.63 bits per heavy atom. The van der Waals surface area contributed by atoms with Crippen molar-refractivity contribution in [1.82, 2.24) is 5.32 Å². The highest BCUT2D eigenvalue weighted by Crippen LogP contribution is 2.24. The molecule has 0 aliphatic heterocycles. The quantitative estimate of drug-likeness (QED) is 0.900. The van der Waals surface area contributed by atoms with Crippen molar-refractivity contribution >= 4 is 11.0 Å². The van der Waals surface area contributed by atoms with Gasteiger partial charge in [-0.3, -0.25) is 0 Å². The second-order valence-corrected chi connectivity index (χ2v) is 4.37. The molecule has 1 unspecified atom stereocenters. The van der Waals surface area contributed by atoms with Crippen LogP contribution >= 0.6 is 0 Å². The minimum Gasteiger partial charge on any atom is -0.459 e. The molecule has 6 heteroatoms. The van der Waals surface area contributed by atoms with Gasteiger partial charge < -0.3 is 14.8 Å². The normalized spacial score (nSPS) is 15.6. The number of benzene rings is 1. The lowest BCUT2D eigenvalue weighted by Gasteiger charge is -2.17. The number of hydrogen-bond acceptors (Lipinski definition) is 3. The van der Waals surface area contributed by atoms with Crippen molar-refractivity contribution in [3.63, 3.8) is 0 Å². The molecule has 1 aromatic carbocycles. The van der Waals surface area contributed by atoms with Crippen molar-refractivity contribution in [3.05, 3.63) is 36.1 Å². The van der Waals surface area contributed by atoms with Crippen LogP contribution < -0.4 is 5.32 Å². The standard InChI is InChI=1S/C13H14F3NO2/c1-8(17-7-12(18)13(14,15)16)11-6-9-4-2-3-5-10(9)19-11/h2-6,8,12,17-18H,7H2,1H3/t8-,12?/m0/s1. The second kappa shape index (κ2) is 5.22. The van der Waals surface area contributed by atoms with Crippen molar-refractivity contribution in [2.45, 2.75) is 25.2 Å². The predicted molar refractivity (Wildman–Crippen MR) is 64.7 cm³/mol. The predicted octanol–water partition coefficient (Wildman–Crippen LogP) is 3.01. The van der Waals surface area contributed by atoms with E-state index in [2.05, 4.69) is 5.32 Å². The number of nitrogens with one attached hydrogen (secondary N) is 1. The third-order valence-corrected chi connectivity index (χ3v) is 2.87. The molecule has 2 aromatic rings. The summed E-state index contributed by atoms with van der Waals surface area (Å²) in [5.74, 6) is 0.538. The number of halogens is 3. The summed E-state index contributed by atoms with van der Waals surface area (Å²) in [6, 6.07) is 8.68. The van der Waals surface area contributed by atoms with Crippen molar-refractivity contribution in [3.8, 4) is 0 Å². The first-order chi connectivity index (χ1) is 8.88. The van der Waals surface area contributed by atoms with Gasteiger partial charge in [0.25, 0.3) is 0 Å². The van der Waals surface area contributed by atoms with E-state index in [0.29, 0.717) is 11.3 Å². The Morgan fingerprint density at radius 2 is 2.00 bits per heavy atom. The van der Waals surface area contributed by atoms with E-state index >= 15 is 0 Å². The minimum atomic E-state index is -4.61. The van der Waals surface area contributed by atoms with E-state index in [9.17, 15) is 13.2 Å². The van der Waals surface area contributed by atoms with Gasteiger partial charge in [-0.25, -0.2) is 0 Å². The Kier molecular flexibility index (Phi) is 3.82. The van der Waals surface area contributed by atoms with Crippen LogP contribution in [0.5, 0.6) is 0 Å². The third-order valence-electron chi connectivity index (χ3n) is 2.87. The molecule has 19 heavy (non-hydrogen) atoms. The molecule has 0 bridgehead atoms. The van der Waals surface area contributed by atoms with Gasteiger partial charge in [-0.05, 0) is 19.1 Å². The summed E-state index contributed by atoms with van der Waals surface area (Å²) in [7, 11) is 0. The van der Waals surface area contributed by atoms with E-state index in [1.54, 1.807) is 19.1 Å². The van der Waals surface area contributed by atoms with Gasteiger partial charge in [-0.15, -0.1) is 0 Å². The number of para-hydroxylation sites is 1. The highest BCUT2D eigenvalue weighted by atomic mass is 19.4. The van der Waals surface area contributed by atoms with Gasteiger partial charge in [0.05, 0.1) is 6.04 Å². The maximum absolute atomic E-state index is 12.2. The molecule has 0 saturated heterocycles. The molecule has 2 rings (SSSR count). The number of alkyl halides is 3. The first kappa shape index (κ1) is 13.9. The summed E-state index contributed by atoms with van der Waals surface area (Å²) >= 11 is 0. The summed E-state index contributed by atoms with van der Waals surface area (Å²) in [6.07, 6.45) is -6.99. The summed E-state index contributed by atoms with van der Waals surface area (Å²) in [6.45, 7) is 1.11. The molecule has 3 nitrogen and oxygen atoms in total. The van der Waals surface area contributed by atoms with Gasteiger partial charge in [0, 0.05) is 11.9 Å². The average molecular weight is 273 g/mol. The molecule has 0 fully saturated rings. The largest absolute Gasteiger partial charge is 0.459 e. The molecular weight excluding hydrogens is 259 g/mol. The van der Waals surface area contributed by atoms with Crippen LogP contribution in [0, 0.1) is 0 Å². The molecule has 0 amide bonds. The van der Waals surface area contributed by atoms with Gasteiger partial charge in [-0.1, -0.05) is 18.2 Å². The van der Waals surface area contributed by atoms with Crippen LogP contribution in [0.4, 0.5) is 13.2 Å². The zero-order valence-electron chi connectivity index (χ0n) is 10.2. The molecule has 0 aliphatic carbocycles. The van der Waals surface area contributed by atoms with E-state index in [1.165, 1.54) is 0 Å². The number of hydrogen-bond donors (Lipinski definition) is 2. The van der Waals surface area contributed by atoms with Crippen molar-refractivity contribution < 1.29 is 22.7 Å². The average Bonchev–Trinajstić information content (AvgIpc) is 2.78. The Bertz CT molecular complexity index is 517. The Balaban J connectivity index is 2.02. The fraction of sp³-hybridized carbons (Fsp3) is 0.385. The molecule has 2 N–H and O–H groups in total. The number of aliphatic hydroxyl groups excluding tert-OH is 1. The maximum Gasteiger partial charge on any atom is 0.415 e. The van der Waals surface area contributed by atoms with Crippen LogP contribution in [-0.2, 0) is 0 Å². The van der Waals surface area contributed by atoms with Gasteiger partial charge in [-0.2, -0.15) is 13.2 Å². The van der Waals surface area contributed by atoms with Crippen LogP contribution in [0.3, 0.4) is 0 Å². The zero-order chi connectivity index (χ0) is 14.0. The lowest BCUT2D eigenvalue weighted by Crippen LogP contribution is -2.39. The molecule has 0 saturated carbocycles. The van der Waals surface area contributed by atoms with Gasteiger partial charge in [0.1, 0.15) is 11.3 Å². The highest BCUT2D eigenvalue weighted by Gasteiger charge is 2.38. The SMILES string of the molecule is C[C@H](NCC(O)C(F)(F)F)c1cc2ccccc2o1. The summed E-state index contributed by atoms with van der Waals surface area (Å²) in [5.41, 5.74) is 0.683. The van der Waals surface area contributed by atoms with Gasteiger partial charge in [0.15, 0.2) is 6.10 Å². The number of aliphatic hydroxyl groups is 1. The topological polar surface area (TPSA) is 45.4 Å². The summed E-state index contributed by atoms with van der Waals surface area (Å²) < 4.78 is 42.0. The number of fused-ring (bicyclic) bond motifs is 1. The number of rotatable bonds is 4. The molecule has 0 radical (unpaired) electrons. The van der Waals surface area contributed by atoms with Crippen molar-refractivity contribution in [2.24, 2.45) is 0 Å². The van der Waals surface area contributed by atoms with E-state index in [4.69, 9.17) is 9.52 Å². The molecular formula is C13H14F3NO2. The van der Waals surface area contributed by atoms with Gasteiger partial charge in [0.2, 0.25) is 0 Å². The number of furan rings is 1. The van der Waals surface area contributed by atoms with E-state index in [-0.39, 0.29) is 0 Å². The molecule has 2 atom stereocenters. The Labute approximate surface area is 108 Å². The van der Waals surface area contributed by atoms with Crippen LogP contribution in [0.2, 0.25) is 0 Å². The minimum absolute atomic E-state index is 0.413. The highest BCUT2D eigenvalue weighted by molar-refractivity contribution is 5.77. The second-order valence-electron chi connectivity index (χ2n) is 4.37. The Hall–Kier alpha value is -1.53. The lowest BCUT2D eigenvalue weighted by atomic mass is 10.2. The van der Waals surface area contributed by atoms with E-state index in [0.717, 1.165) is 5.39 Å². The Morgan fingerprint density at radius 1 is 1.32 bits per heavy atom. The maximum atomic E-state index is 12.2. The zero-order valence-corrected chi connectivity index (χ0v) is 10.2. The first-order valence-electron chi connectivity index (χ1n) is 5.84. The van der Waals surface area contributed by atoms with E-state index in [1.807, 2.05) is 18.2 Å². The molecule has 0 aliphatic rings. The van der Waals surface area contributed by atoms with Crippen molar-refractivity contribution in [2.75, 3.05) is 6.54 Å². The van der Waals surface area contributed by atoms with Crippen LogP contribution in [0.1, 0.15) is 18.7 Å².